The lowest BCUT2D eigenvalue weighted by Crippen LogP contribution is -2.35. The van der Waals surface area contributed by atoms with Gasteiger partial charge in [0.1, 0.15) is 0 Å². The van der Waals surface area contributed by atoms with E-state index in [9.17, 15) is 8.42 Å². The zero-order chi connectivity index (χ0) is 14.2. The van der Waals surface area contributed by atoms with Crippen LogP contribution in [0.4, 0.5) is 5.13 Å². The minimum atomic E-state index is -3.35. The van der Waals surface area contributed by atoms with Crippen molar-refractivity contribution in [3.63, 3.8) is 0 Å². The Morgan fingerprint density at radius 1 is 1.15 bits per heavy atom. The number of anilines is 1. The van der Waals surface area contributed by atoms with E-state index in [1.54, 1.807) is 15.8 Å². The molecule has 8 heteroatoms. The van der Waals surface area contributed by atoms with Crippen LogP contribution in [0.2, 0.25) is 0 Å². The highest BCUT2D eigenvalue weighted by Crippen LogP contribution is 2.32. The number of thiophene rings is 1. The van der Waals surface area contributed by atoms with Crippen LogP contribution >= 0.6 is 22.7 Å². The van der Waals surface area contributed by atoms with Crippen LogP contribution in [0.3, 0.4) is 0 Å². The molecule has 2 N–H and O–H groups in total. The summed E-state index contributed by atoms with van der Waals surface area (Å²) in [7, 11) is -3.35. The lowest BCUT2D eigenvalue weighted by molar-refractivity contribution is 0.347. The maximum Gasteiger partial charge on any atom is 0.243 e. The first-order valence-corrected chi connectivity index (χ1v) is 9.57. The molecule has 3 rings (SSSR count). The summed E-state index contributed by atoms with van der Waals surface area (Å²) in [5.41, 5.74) is 6.36. The number of sulfonamides is 1. The Hall–Kier alpha value is -0.960. The molecule has 0 spiro atoms. The molecule has 1 saturated heterocycles. The number of rotatable bonds is 3. The van der Waals surface area contributed by atoms with Gasteiger partial charge < -0.3 is 5.73 Å². The van der Waals surface area contributed by atoms with Crippen LogP contribution in [-0.2, 0) is 10.0 Å². The maximum atomic E-state index is 12.5. The predicted molar refractivity (Wildman–Crippen MR) is 82.4 cm³/mol. The Morgan fingerprint density at radius 2 is 1.90 bits per heavy atom. The Balaban J connectivity index is 1.89. The molecule has 0 aliphatic carbocycles. The van der Waals surface area contributed by atoms with Gasteiger partial charge in [0, 0.05) is 23.8 Å². The summed E-state index contributed by atoms with van der Waals surface area (Å²) < 4.78 is 26.6. The van der Waals surface area contributed by atoms with Crippen LogP contribution in [0, 0.1) is 0 Å². The summed E-state index contributed by atoms with van der Waals surface area (Å²) in [6, 6.07) is 1.70. The van der Waals surface area contributed by atoms with Gasteiger partial charge in [-0.15, -0.1) is 22.7 Å². The Labute approximate surface area is 126 Å². The Morgan fingerprint density at radius 3 is 2.55 bits per heavy atom. The van der Waals surface area contributed by atoms with Gasteiger partial charge in [-0.25, -0.2) is 13.4 Å². The highest BCUT2D eigenvalue weighted by Gasteiger charge is 2.27. The minimum absolute atomic E-state index is 0.367. The molecule has 2 aromatic rings. The van der Waals surface area contributed by atoms with Crippen molar-refractivity contribution >= 4 is 37.8 Å². The monoisotopic (exact) mass is 329 g/mol. The van der Waals surface area contributed by atoms with E-state index in [-0.39, 0.29) is 0 Å². The molecule has 0 unspecified atom stereocenters. The van der Waals surface area contributed by atoms with Gasteiger partial charge in [-0.3, -0.25) is 0 Å². The topological polar surface area (TPSA) is 76.3 Å². The van der Waals surface area contributed by atoms with Gasteiger partial charge in [0.15, 0.2) is 5.13 Å². The van der Waals surface area contributed by atoms with Crippen LogP contribution in [0.15, 0.2) is 21.7 Å². The van der Waals surface area contributed by atoms with Gasteiger partial charge in [0.25, 0.3) is 0 Å². The van der Waals surface area contributed by atoms with E-state index in [4.69, 9.17) is 5.73 Å². The Kier molecular flexibility index (Phi) is 3.80. The fourth-order valence-electron chi connectivity index (χ4n) is 2.24. The molecular formula is C12H15N3O2S3. The smallest absolute Gasteiger partial charge is 0.243 e. The third-order valence-corrected chi connectivity index (χ3v) is 6.95. The summed E-state index contributed by atoms with van der Waals surface area (Å²) in [6.45, 7) is 1.24. The van der Waals surface area contributed by atoms with E-state index < -0.39 is 10.0 Å². The number of nitrogen functional groups attached to an aromatic ring is 1. The fraction of sp³-hybridized carbons (Fsp3) is 0.417. The zero-order valence-corrected chi connectivity index (χ0v) is 13.2. The number of hydrogen-bond acceptors (Lipinski definition) is 6. The van der Waals surface area contributed by atoms with Crippen molar-refractivity contribution in [3.8, 4) is 10.6 Å². The number of nitrogens with zero attached hydrogens (tertiary/aromatic N) is 2. The first-order chi connectivity index (χ1) is 9.57. The first-order valence-electron chi connectivity index (χ1n) is 6.37. The van der Waals surface area contributed by atoms with Crippen molar-refractivity contribution in [1.82, 2.24) is 9.29 Å². The van der Waals surface area contributed by atoms with E-state index in [0.717, 1.165) is 29.8 Å². The Bertz CT molecular complexity index is 699. The van der Waals surface area contributed by atoms with Crippen molar-refractivity contribution in [1.29, 1.82) is 0 Å². The van der Waals surface area contributed by atoms with Gasteiger partial charge >= 0.3 is 0 Å². The second-order valence-corrected chi connectivity index (χ2v) is 8.42. The normalized spacial score (nSPS) is 17.4. The minimum Gasteiger partial charge on any atom is -0.375 e. The zero-order valence-electron chi connectivity index (χ0n) is 10.8. The van der Waals surface area contributed by atoms with E-state index in [1.807, 2.05) is 5.38 Å². The van der Waals surface area contributed by atoms with Crippen LogP contribution in [-0.4, -0.2) is 30.8 Å². The van der Waals surface area contributed by atoms with Crippen molar-refractivity contribution < 1.29 is 8.42 Å². The average Bonchev–Trinajstić information content (AvgIpc) is 3.08. The van der Waals surface area contributed by atoms with Crippen molar-refractivity contribution in [3.05, 3.63) is 16.8 Å². The molecule has 0 aromatic carbocycles. The van der Waals surface area contributed by atoms with E-state index >= 15 is 0 Å². The van der Waals surface area contributed by atoms with Gasteiger partial charge in [0.2, 0.25) is 10.0 Å². The molecule has 1 fully saturated rings. The number of aromatic nitrogens is 1. The number of nitrogens with two attached hydrogens (primary N) is 1. The molecule has 0 atom stereocenters. The van der Waals surface area contributed by atoms with Gasteiger partial charge in [-0.1, -0.05) is 6.42 Å². The van der Waals surface area contributed by atoms with Crippen molar-refractivity contribution in [2.24, 2.45) is 0 Å². The highest BCUT2D eigenvalue weighted by molar-refractivity contribution is 7.89. The van der Waals surface area contributed by atoms with Crippen LogP contribution in [0.25, 0.3) is 10.6 Å². The summed E-state index contributed by atoms with van der Waals surface area (Å²) in [6.07, 6.45) is 3.00. The van der Waals surface area contributed by atoms with Crippen LogP contribution < -0.4 is 5.73 Å². The summed E-state index contributed by atoms with van der Waals surface area (Å²) in [4.78, 5) is 5.39. The second-order valence-electron chi connectivity index (χ2n) is 4.68. The van der Waals surface area contributed by atoms with Crippen molar-refractivity contribution in [2.75, 3.05) is 18.8 Å². The average molecular weight is 329 g/mol. The van der Waals surface area contributed by atoms with E-state index in [1.165, 1.54) is 22.7 Å². The quantitative estimate of drug-likeness (QED) is 0.939. The highest BCUT2D eigenvalue weighted by atomic mass is 32.2. The van der Waals surface area contributed by atoms with Gasteiger partial charge in [0.05, 0.1) is 15.5 Å². The second kappa shape index (κ2) is 5.44. The molecule has 1 aliphatic heterocycles. The third-order valence-electron chi connectivity index (χ3n) is 3.30. The van der Waals surface area contributed by atoms with Gasteiger partial charge in [-0.2, -0.15) is 4.31 Å². The molecule has 0 amide bonds. The number of piperidine rings is 1. The molecule has 0 saturated carbocycles. The largest absolute Gasteiger partial charge is 0.375 e. The lowest BCUT2D eigenvalue weighted by atomic mass is 10.2. The molecule has 2 aromatic heterocycles. The number of hydrogen-bond donors (Lipinski definition) is 1. The summed E-state index contributed by atoms with van der Waals surface area (Å²) >= 11 is 2.75. The standard InChI is InChI=1S/C12H15N3O2S3/c13-12-14-10(8-19-12)11-6-9(7-18-11)20(16,17)15-4-2-1-3-5-15/h6-8H,1-5H2,(H2,13,14). The van der Waals surface area contributed by atoms with Crippen LogP contribution in [0.5, 0.6) is 0 Å². The molecule has 108 valence electrons. The molecule has 0 bridgehead atoms. The third kappa shape index (κ3) is 2.60. The lowest BCUT2D eigenvalue weighted by Gasteiger charge is -2.25. The van der Waals surface area contributed by atoms with Crippen LogP contribution in [0.1, 0.15) is 19.3 Å². The molecule has 20 heavy (non-hydrogen) atoms. The molecular weight excluding hydrogens is 314 g/mol. The molecule has 3 heterocycles. The summed E-state index contributed by atoms with van der Waals surface area (Å²) in [5, 5.41) is 4.03. The maximum absolute atomic E-state index is 12.5. The van der Waals surface area contributed by atoms with E-state index in [2.05, 4.69) is 4.98 Å². The first kappa shape index (κ1) is 14.0. The molecule has 5 nitrogen and oxygen atoms in total. The number of thiazole rings is 1. The van der Waals surface area contributed by atoms with Gasteiger partial charge in [-0.05, 0) is 18.9 Å². The van der Waals surface area contributed by atoms with E-state index in [0.29, 0.717) is 23.1 Å². The fourth-order valence-corrected chi connectivity index (χ4v) is 5.62. The molecule has 1 aliphatic rings. The summed E-state index contributed by atoms with van der Waals surface area (Å²) in [5.74, 6) is 0. The van der Waals surface area contributed by atoms with Crippen molar-refractivity contribution in [2.45, 2.75) is 24.2 Å². The molecule has 0 radical (unpaired) electrons. The predicted octanol–water partition coefficient (Wildman–Crippen LogP) is 2.63. The SMILES string of the molecule is Nc1nc(-c2cc(S(=O)(=O)N3CCCCC3)cs2)cs1.